The first-order chi connectivity index (χ1) is 8.79. The predicted octanol–water partition coefficient (Wildman–Crippen LogP) is 0.141. The molecule has 0 aromatic heterocycles. The van der Waals surface area contributed by atoms with E-state index >= 15 is 0 Å². The molecule has 0 spiro atoms. The highest BCUT2D eigenvalue weighted by Crippen LogP contribution is 2.26. The number of nitrogens with zero attached hydrogens (tertiary/aromatic N) is 3. The molecule has 1 N–H and O–H groups in total. The van der Waals surface area contributed by atoms with Gasteiger partial charge in [-0.3, -0.25) is 14.7 Å². The number of carbonyl (C=O) groups is 1. The normalized spacial score (nSPS) is 29.2. The van der Waals surface area contributed by atoms with Crippen LogP contribution in [0.2, 0.25) is 0 Å². The van der Waals surface area contributed by atoms with Gasteiger partial charge in [-0.25, -0.2) is 0 Å². The fourth-order valence-corrected chi connectivity index (χ4v) is 2.92. The molecular weight excluding hydrogens is 228 g/mol. The highest BCUT2D eigenvalue weighted by molar-refractivity contribution is 6.04. The average molecular weight is 248 g/mol. The second kappa shape index (κ2) is 4.74. The molecular formula is C13H20N4O. The van der Waals surface area contributed by atoms with E-state index in [-0.39, 0.29) is 5.78 Å². The molecule has 1 unspecified atom stereocenters. The third kappa shape index (κ3) is 1.93. The number of hydrazine groups is 1. The lowest BCUT2D eigenvalue weighted by Gasteiger charge is -2.42. The highest BCUT2D eigenvalue weighted by atomic mass is 16.1. The summed E-state index contributed by atoms with van der Waals surface area (Å²) < 4.78 is 0. The quantitative estimate of drug-likeness (QED) is 0.752. The zero-order chi connectivity index (χ0) is 12.5. The van der Waals surface area contributed by atoms with Gasteiger partial charge in [-0.15, -0.1) is 0 Å². The third-order valence-corrected chi connectivity index (χ3v) is 4.06. The van der Waals surface area contributed by atoms with Gasteiger partial charge in [-0.05, 0) is 6.54 Å². The monoisotopic (exact) mass is 248 g/mol. The summed E-state index contributed by atoms with van der Waals surface area (Å²) in [5.41, 5.74) is 4.00. The molecule has 0 saturated carbocycles. The Hall–Kier alpha value is -1.33. The molecule has 0 aliphatic carbocycles. The van der Waals surface area contributed by atoms with Gasteiger partial charge < -0.3 is 10.3 Å². The minimum atomic E-state index is 0.114. The summed E-state index contributed by atoms with van der Waals surface area (Å²) in [4.78, 5) is 16.7. The molecule has 1 fully saturated rings. The van der Waals surface area contributed by atoms with E-state index in [1.807, 2.05) is 5.01 Å². The van der Waals surface area contributed by atoms with Crippen molar-refractivity contribution in [3.05, 3.63) is 24.0 Å². The van der Waals surface area contributed by atoms with E-state index in [4.69, 9.17) is 0 Å². The summed E-state index contributed by atoms with van der Waals surface area (Å²) in [5, 5.41) is 2.02. The van der Waals surface area contributed by atoms with Crippen LogP contribution < -0.4 is 5.43 Å². The Bertz CT molecular complexity index is 396. The second-order valence-electron chi connectivity index (χ2n) is 4.97. The Morgan fingerprint density at radius 1 is 1.33 bits per heavy atom. The molecule has 1 atom stereocenters. The smallest absolute Gasteiger partial charge is 0.204 e. The summed E-state index contributed by atoms with van der Waals surface area (Å²) in [7, 11) is 0. The SMILES string of the molecule is CCN1CCN(C2CC=C3C(=O)C=CNN32)CC1. The molecule has 3 aliphatic rings. The molecule has 18 heavy (non-hydrogen) atoms. The fourth-order valence-electron chi connectivity index (χ4n) is 2.92. The van der Waals surface area contributed by atoms with E-state index in [1.54, 1.807) is 12.3 Å². The minimum Gasteiger partial charge on any atom is -0.304 e. The van der Waals surface area contributed by atoms with Gasteiger partial charge in [0.1, 0.15) is 11.9 Å². The standard InChI is InChI=1S/C13H20N4O/c1-2-15-7-9-16(10-8-15)13-4-3-11-12(18)5-6-14-17(11)13/h3,5-6,13-14H,2,4,7-10H2,1H3. The fraction of sp³-hybridized carbons (Fsp3) is 0.615. The maximum Gasteiger partial charge on any atom is 0.204 e. The topological polar surface area (TPSA) is 38.8 Å². The number of fused-ring (bicyclic) bond motifs is 1. The van der Waals surface area contributed by atoms with E-state index in [0.29, 0.717) is 6.17 Å². The van der Waals surface area contributed by atoms with Gasteiger partial charge in [-0.2, -0.15) is 0 Å². The molecule has 0 aromatic carbocycles. The highest BCUT2D eigenvalue weighted by Gasteiger charge is 2.35. The Morgan fingerprint density at radius 2 is 2.11 bits per heavy atom. The molecule has 3 aliphatic heterocycles. The van der Waals surface area contributed by atoms with Crippen LogP contribution in [0.5, 0.6) is 0 Å². The third-order valence-electron chi connectivity index (χ3n) is 4.06. The van der Waals surface area contributed by atoms with E-state index in [1.165, 1.54) is 0 Å². The van der Waals surface area contributed by atoms with E-state index < -0.39 is 0 Å². The zero-order valence-electron chi connectivity index (χ0n) is 10.8. The number of hydrogen-bond donors (Lipinski definition) is 1. The van der Waals surface area contributed by atoms with Crippen molar-refractivity contribution in [2.24, 2.45) is 0 Å². The predicted molar refractivity (Wildman–Crippen MR) is 69.3 cm³/mol. The number of rotatable bonds is 2. The average Bonchev–Trinajstić information content (AvgIpc) is 2.84. The van der Waals surface area contributed by atoms with Gasteiger partial charge in [0.15, 0.2) is 0 Å². The lowest BCUT2D eigenvalue weighted by Crippen LogP contribution is -2.57. The molecule has 98 valence electrons. The summed E-state index contributed by atoms with van der Waals surface area (Å²) in [5.74, 6) is 0.114. The van der Waals surface area contributed by atoms with Crippen molar-refractivity contribution in [3.63, 3.8) is 0 Å². The van der Waals surface area contributed by atoms with Crippen LogP contribution in [0, 0.1) is 0 Å². The number of allylic oxidation sites excluding steroid dienone is 1. The lowest BCUT2D eigenvalue weighted by molar-refractivity contribution is -0.114. The van der Waals surface area contributed by atoms with E-state index in [2.05, 4.69) is 28.2 Å². The Kier molecular flexibility index (Phi) is 3.09. The zero-order valence-corrected chi connectivity index (χ0v) is 10.8. The number of ketones is 1. The number of likely N-dealkylation sites (N-methyl/N-ethyl adjacent to an activating group) is 1. The van der Waals surface area contributed by atoms with Crippen LogP contribution in [0.25, 0.3) is 0 Å². The van der Waals surface area contributed by atoms with Gasteiger partial charge in [0.2, 0.25) is 5.78 Å². The van der Waals surface area contributed by atoms with E-state index in [9.17, 15) is 4.79 Å². The molecule has 1 saturated heterocycles. The maximum absolute atomic E-state index is 11.7. The first kappa shape index (κ1) is 11.7. The maximum atomic E-state index is 11.7. The molecule has 5 heteroatoms. The molecule has 0 aromatic rings. The van der Waals surface area contributed by atoms with Gasteiger partial charge in [-0.1, -0.05) is 13.0 Å². The van der Waals surface area contributed by atoms with Crippen LogP contribution in [0.3, 0.4) is 0 Å². The molecule has 0 radical (unpaired) electrons. The Balaban J connectivity index is 1.66. The van der Waals surface area contributed by atoms with Crippen molar-refractivity contribution in [2.75, 3.05) is 32.7 Å². The van der Waals surface area contributed by atoms with Crippen molar-refractivity contribution in [3.8, 4) is 0 Å². The number of carbonyl (C=O) groups excluding carboxylic acids is 1. The molecule has 0 bridgehead atoms. The number of hydrogen-bond acceptors (Lipinski definition) is 5. The van der Waals surface area contributed by atoms with Crippen LogP contribution in [-0.2, 0) is 4.79 Å². The summed E-state index contributed by atoms with van der Waals surface area (Å²) in [6.45, 7) is 7.75. The van der Waals surface area contributed by atoms with Gasteiger partial charge >= 0.3 is 0 Å². The second-order valence-corrected chi connectivity index (χ2v) is 4.97. The Labute approximate surface area is 108 Å². The molecule has 5 nitrogen and oxygen atoms in total. The van der Waals surface area contributed by atoms with Gasteiger partial charge in [0, 0.05) is 44.9 Å². The summed E-state index contributed by atoms with van der Waals surface area (Å²) in [6, 6.07) is 0. The lowest BCUT2D eigenvalue weighted by atomic mass is 10.2. The largest absolute Gasteiger partial charge is 0.304 e. The molecule has 0 amide bonds. The molecule has 3 rings (SSSR count). The number of piperazine rings is 1. The van der Waals surface area contributed by atoms with Crippen molar-refractivity contribution in [1.82, 2.24) is 20.2 Å². The van der Waals surface area contributed by atoms with Crippen LogP contribution in [0.1, 0.15) is 13.3 Å². The summed E-state index contributed by atoms with van der Waals surface area (Å²) in [6.07, 6.45) is 6.62. The van der Waals surface area contributed by atoms with Crippen LogP contribution in [0.15, 0.2) is 24.0 Å². The first-order valence-corrected chi connectivity index (χ1v) is 6.72. The van der Waals surface area contributed by atoms with Crippen molar-refractivity contribution in [2.45, 2.75) is 19.5 Å². The first-order valence-electron chi connectivity index (χ1n) is 6.72. The van der Waals surface area contributed by atoms with Crippen LogP contribution >= 0.6 is 0 Å². The van der Waals surface area contributed by atoms with Crippen molar-refractivity contribution < 1.29 is 4.79 Å². The van der Waals surface area contributed by atoms with Crippen LogP contribution in [0.4, 0.5) is 0 Å². The minimum absolute atomic E-state index is 0.114. The molecule has 3 heterocycles. The Morgan fingerprint density at radius 3 is 2.83 bits per heavy atom. The van der Waals surface area contributed by atoms with Crippen LogP contribution in [-0.4, -0.2) is 59.5 Å². The number of nitrogens with one attached hydrogen (secondary N) is 1. The van der Waals surface area contributed by atoms with Crippen molar-refractivity contribution >= 4 is 5.78 Å². The van der Waals surface area contributed by atoms with Gasteiger partial charge in [0.05, 0.1) is 0 Å². The van der Waals surface area contributed by atoms with E-state index in [0.717, 1.165) is 44.8 Å². The van der Waals surface area contributed by atoms with Gasteiger partial charge in [0.25, 0.3) is 0 Å². The van der Waals surface area contributed by atoms with Crippen molar-refractivity contribution in [1.29, 1.82) is 0 Å². The summed E-state index contributed by atoms with van der Waals surface area (Å²) >= 11 is 0.